The molecule has 1 aromatic rings. The van der Waals surface area contributed by atoms with Crippen molar-refractivity contribution >= 4 is 0 Å². The molecule has 5 heteroatoms. The number of hydrogen-bond acceptors (Lipinski definition) is 4. The highest BCUT2D eigenvalue weighted by molar-refractivity contribution is 5.17. The molecule has 1 aliphatic heterocycles. The number of rotatable bonds is 6. The monoisotopic (exact) mass is 282 g/mol. The molecule has 0 aliphatic carbocycles. The van der Waals surface area contributed by atoms with Crippen LogP contribution in [0.1, 0.15) is 37.6 Å². The lowest BCUT2D eigenvalue weighted by Crippen LogP contribution is -2.37. The Labute approximate surface area is 119 Å². The van der Waals surface area contributed by atoms with E-state index in [9.17, 15) is 9.50 Å². The number of ether oxygens (including phenoxy) is 1. The van der Waals surface area contributed by atoms with Gasteiger partial charge in [-0.25, -0.2) is 4.39 Å². The van der Waals surface area contributed by atoms with Gasteiger partial charge in [0.25, 0.3) is 0 Å². The molecule has 1 aromatic heterocycles. The summed E-state index contributed by atoms with van der Waals surface area (Å²) in [5.74, 6) is 0.253. The smallest absolute Gasteiger partial charge is 0.146 e. The Bertz CT molecular complexity index is 434. The topological polar surface area (TPSA) is 54.4 Å². The summed E-state index contributed by atoms with van der Waals surface area (Å²) < 4.78 is 19.2. The van der Waals surface area contributed by atoms with Crippen LogP contribution in [-0.4, -0.2) is 36.0 Å². The van der Waals surface area contributed by atoms with Gasteiger partial charge in [0.15, 0.2) is 0 Å². The number of aromatic nitrogens is 1. The third-order valence-corrected chi connectivity index (χ3v) is 3.82. The number of aliphatic hydroxyl groups excluding tert-OH is 1. The second-order valence-corrected chi connectivity index (χ2v) is 5.64. The van der Waals surface area contributed by atoms with Gasteiger partial charge in [-0.1, -0.05) is 13.8 Å². The normalized spacial score (nSPS) is 20.6. The molecule has 0 spiro atoms. The van der Waals surface area contributed by atoms with Crippen LogP contribution < -0.4 is 5.32 Å². The minimum atomic E-state index is -0.305. The lowest BCUT2D eigenvalue weighted by molar-refractivity contribution is 0.193. The molecule has 20 heavy (non-hydrogen) atoms. The molecule has 0 aromatic carbocycles. The highest BCUT2D eigenvalue weighted by Crippen LogP contribution is 2.24. The lowest BCUT2D eigenvalue weighted by atomic mass is 10.0. The van der Waals surface area contributed by atoms with Gasteiger partial charge in [0.1, 0.15) is 5.82 Å². The molecule has 2 heterocycles. The first-order valence-corrected chi connectivity index (χ1v) is 7.19. The quantitative estimate of drug-likeness (QED) is 0.836. The van der Waals surface area contributed by atoms with Crippen molar-refractivity contribution in [2.24, 2.45) is 5.92 Å². The van der Waals surface area contributed by atoms with Crippen molar-refractivity contribution in [3.05, 3.63) is 29.3 Å². The molecule has 1 aliphatic rings. The standard InChI is InChI=1S/C15H23FN2O2/c1-10(2)15(8-19)17-7-14-12(16)3-4-13(18-14)11-5-6-20-9-11/h3-4,10-11,15,17,19H,5-9H2,1-2H3/t11?,15-/m0/s1. The summed E-state index contributed by atoms with van der Waals surface area (Å²) in [6.45, 7) is 5.81. The molecular weight excluding hydrogens is 259 g/mol. The fourth-order valence-electron chi connectivity index (χ4n) is 2.36. The number of pyridine rings is 1. The largest absolute Gasteiger partial charge is 0.395 e. The molecule has 2 rings (SSSR count). The lowest BCUT2D eigenvalue weighted by Gasteiger charge is -2.20. The molecular formula is C15H23FN2O2. The molecule has 0 amide bonds. The van der Waals surface area contributed by atoms with Gasteiger partial charge in [0, 0.05) is 30.8 Å². The van der Waals surface area contributed by atoms with E-state index >= 15 is 0 Å². The van der Waals surface area contributed by atoms with Gasteiger partial charge in [-0.05, 0) is 24.5 Å². The van der Waals surface area contributed by atoms with Crippen LogP contribution in [0, 0.1) is 11.7 Å². The van der Waals surface area contributed by atoms with Crippen LogP contribution in [0.3, 0.4) is 0 Å². The first kappa shape index (κ1) is 15.4. The second kappa shape index (κ2) is 7.11. The molecule has 1 fully saturated rings. The maximum Gasteiger partial charge on any atom is 0.146 e. The van der Waals surface area contributed by atoms with Crippen LogP contribution >= 0.6 is 0 Å². The van der Waals surface area contributed by atoms with Gasteiger partial charge in [0.05, 0.1) is 18.9 Å². The minimum absolute atomic E-state index is 0.0371. The molecule has 112 valence electrons. The molecule has 1 saturated heterocycles. The van der Waals surface area contributed by atoms with Gasteiger partial charge in [0.2, 0.25) is 0 Å². The van der Waals surface area contributed by atoms with Crippen LogP contribution in [-0.2, 0) is 11.3 Å². The Balaban J connectivity index is 2.04. The van der Waals surface area contributed by atoms with E-state index in [4.69, 9.17) is 4.74 Å². The van der Waals surface area contributed by atoms with E-state index in [-0.39, 0.29) is 30.3 Å². The molecule has 0 radical (unpaired) electrons. The van der Waals surface area contributed by atoms with Crippen molar-refractivity contribution in [2.45, 2.75) is 38.8 Å². The minimum Gasteiger partial charge on any atom is -0.395 e. The van der Waals surface area contributed by atoms with Gasteiger partial charge in [-0.15, -0.1) is 0 Å². The van der Waals surface area contributed by atoms with Crippen molar-refractivity contribution in [3.8, 4) is 0 Å². The number of halogens is 1. The van der Waals surface area contributed by atoms with E-state index in [1.165, 1.54) is 6.07 Å². The number of hydrogen-bond donors (Lipinski definition) is 2. The van der Waals surface area contributed by atoms with Gasteiger partial charge in [-0.3, -0.25) is 4.98 Å². The van der Waals surface area contributed by atoms with Crippen molar-refractivity contribution < 1.29 is 14.2 Å². The van der Waals surface area contributed by atoms with E-state index < -0.39 is 0 Å². The fraction of sp³-hybridized carbons (Fsp3) is 0.667. The Morgan fingerprint density at radius 1 is 1.50 bits per heavy atom. The fourth-order valence-corrected chi connectivity index (χ4v) is 2.36. The zero-order chi connectivity index (χ0) is 14.5. The van der Waals surface area contributed by atoms with Crippen LogP contribution in [0.15, 0.2) is 12.1 Å². The van der Waals surface area contributed by atoms with E-state index in [1.807, 2.05) is 13.8 Å². The summed E-state index contributed by atoms with van der Waals surface area (Å²) in [5.41, 5.74) is 1.30. The van der Waals surface area contributed by atoms with Crippen molar-refractivity contribution in [2.75, 3.05) is 19.8 Å². The predicted molar refractivity (Wildman–Crippen MR) is 74.9 cm³/mol. The zero-order valence-electron chi connectivity index (χ0n) is 12.1. The van der Waals surface area contributed by atoms with Crippen molar-refractivity contribution in [1.82, 2.24) is 10.3 Å². The average Bonchev–Trinajstić information content (AvgIpc) is 2.95. The summed E-state index contributed by atoms with van der Waals surface area (Å²) >= 11 is 0. The van der Waals surface area contributed by atoms with Crippen LogP contribution in [0.4, 0.5) is 4.39 Å². The van der Waals surface area contributed by atoms with Gasteiger partial charge >= 0.3 is 0 Å². The Kier molecular flexibility index (Phi) is 5.46. The summed E-state index contributed by atoms with van der Waals surface area (Å²) in [6, 6.07) is 3.17. The predicted octanol–water partition coefficient (Wildman–Crippen LogP) is 1.83. The number of aliphatic hydroxyl groups is 1. The summed E-state index contributed by atoms with van der Waals surface area (Å²) in [7, 11) is 0. The summed E-state index contributed by atoms with van der Waals surface area (Å²) in [4.78, 5) is 4.42. The molecule has 0 bridgehead atoms. The van der Waals surface area contributed by atoms with E-state index in [0.29, 0.717) is 18.8 Å². The first-order chi connectivity index (χ1) is 9.61. The highest BCUT2D eigenvalue weighted by Gasteiger charge is 2.20. The van der Waals surface area contributed by atoms with Gasteiger partial charge < -0.3 is 15.2 Å². The average molecular weight is 282 g/mol. The number of nitrogens with zero attached hydrogens (tertiary/aromatic N) is 1. The third kappa shape index (κ3) is 3.75. The summed E-state index contributed by atoms with van der Waals surface area (Å²) in [5, 5.41) is 12.4. The highest BCUT2D eigenvalue weighted by atomic mass is 19.1. The molecule has 2 atom stereocenters. The first-order valence-electron chi connectivity index (χ1n) is 7.19. The maximum atomic E-state index is 13.8. The van der Waals surface area contributed by atoms with Crippen LogP contribution in [0.2, 0.25) is 0 Å². The summed E-state index contributed by atoms with van der Waals surface area (Å²) in [6.07, 6.45) is 0.941. The van der Waals surface area contributed by atoms with Crippen molar-refractivity contribution in [1.29, 1.82) is 0 Å². The zero-order valence-corrected chi connectivity index (χ0v) is 12.1. The van der Waals surface area contributed by atoms with E-state index in [0.717, 1.165) is 18.7 Å². The third-order valence-electron chi connectivity index (χ3n) is 3.82. The maximum absolute atomic E-state index is 13.8. The Morgan fingerprint density at radius 2 is 2.30 bits per heavy atom. The second-order valence-electron chi connectivity index (χ2n) is 5.64. The SMILES string of the molecule is CC(C)[C@H](CO)NCc1nc(C2CCOC2)ccc1F. The number of nitrogens with one attached hydrogen (secondary N) is 1. The van der Waals surface area contributed by atoms with E-state index in [2.05, 4.69) is 10.3 Å². The van der Waals surface area contributed by atoms with Crippen LogP contribution in [0.25, 0.3) is 0 Å². The van der Waals surface area contributed by atoms with Crippen molar-refractivity contribution in [3.63, 3.8) is 0 Å². The molecule has 1 unspecified atom stereocenters. The Morgan fingerprint density at radius 3 is 2.90 bits per heavy atom. The van der Waals surface area contributed by atoms with E-state index in [1.54, 1.807) is 6.07 Å². The molecule has 2 N–H and O–H groups in total. The molecule has 0 saturated carbocycles. The Hall–Kier alpha value is -1.04. The van der Waals surface area contributed by atoms with Gasteiger partial charge in [-0.2, -0.15) is 0 Å². The molecule has 4 nitrogen and oxygen atoms in total. The van der Waals surface area contributed by atoms with Crippen LogP contribution in [0.5, 0.6) is 0 Å².